The number of nitrogens with one attached hydrogen (secondary N) is 1. The van der Waals surface area contributed by atoms with Crippen LogP contribution in [0.25, 0.3) is 0 Å². The van der Waals surface area contributed by atoms with Crippen LogP contribution in [-0.2, 0) is 16.1 Å². The van der Waals surface area contributed by atoms with Crippen molar-refractivity contribution in [3.05, 3.63) is 48.6 Å². The van der Waals surface area contributed by atoms with E-state index in [-0.39, 0.29) is 18.9 Å². The molecule has 0 aromatic heterocycles. The molecule has 0 aliphatic rings. The van der Waals surface area contributed by atoms with Crippen LogP contribution in [0.4, 0.5) is 4.79 Å². The Morgan fingerprint density at radius 2 is 1.96 bits per heavy atom. The summed E-state index contributed by atoms with van der Waals surface area (Å²) >= 11 is 0. The molecule has 0 bridgehead atoms. The largest absolute Gasteiger partial charge is 0.481 e. The Bertz CT molecular complexity index is 556. The molecular formula is C19H27NO4. The lowest BCUT2D eigenvalue weighted by atomic mass is 9.77. The van der Waals surface area contributed by atoms with Crippen LogP contribution in [0.2, 0.25) is 0 Å². The highest BCUT2D eigenvalue weighted by molar-refractivity contribution is 5.75. The number of carboxylic acids is 1. The van der Waals surface area contributed by atoms with Gasteiger partial charge in [-0.3, -0.25) is 4.79 Å². The Morgan fingerprint density at radius 3 is 2.46 bits per heavy atom. The Balaban J connectivity index is 2.81. The zero-order valence-corrected chi connectivity index (χ0v) is 14.6. The molecule has 0 aliphatic heterocycles. The molecule has 0 radical (unpaired) electrons. The Labute approximate surface area is 143 Å². The second-order valence-electron chi connectivity index (χ2n) is 6.62. The lowest BCUT2D eigenvalue weighted by molar-refractivity contribution is -0.144. The third kappa shape index (κ3) is 6.07. The SMILES string of the molecule is C=CC[C@H](C(=O)O)[C@](C)(CC(C)C)NC(=O)OCc1ccccc1. The summed E-state index contributed by atoms with van der Waals surface area (Å²) in [5.74, 6) is -1.50. The number of amides is 1. The third-order valence-electron chi connectivity index (χ3n) is 3.90. The molecule has 1 amide bonds. The molecule has 5 nitrogen and oxygen atoms in total. The normalized spacial score (nSPS) is 14.5. The molecule has 1 aromatic rings. The van der Waals surface area contributed by atoms with E-state index >= 15 is 0 Å². The summed E-state index contributed by atoms with van der Waals surface area (Å²) in [6, 6.07) is 9.33. The van der Waals surface area contributed by atoms with Gasteiger partial charge in [0.1, 0.15) is 6.61 Å². The summed E-state index contributed by atoms with van der Waals surface area (Å²) in [5, 5.41) is 12.3. The van der Waals surface area contributed by atoms with Crippen molar-refractivity contribution < 1.29 is 19.4 Å². The second-order valence-corrected chi connectivity index (χ2v) is 6.62. The summed E-state index contributed by atoms with van der Waals surface area (Å²) in [5.41, 5.74) is -0.0406. The molecule has 0 saturated heterocycles. The maximum atomic E-state index is 12.2. The number of aliphatic carboxylic acids is 1. The maximum absolute atomic E-state index is 12.2. The fraction of sp³-hybridized carbons (Fsp3) is 0.474. The van der Waals surface area contributed by atoms with E-state index in [0.717, 1.165) is 5.56 Å². The molecular weight excluding hydrogens is 306 g/mol. The maximum Gasteiger partial charge on any atom is 0.407 e. The minimum absolute atomic E-state index is 0.142. The highest BCUT2D eigenvalue weighted by atomic mass is 16.5. The number of carbonyl (C=O) groups excluding carboxylic acids is 1. The number of ether oxygens (including phenoxy) is 1. The van der Waals surface area contributed by atoms with Gasteiger partial charge in [0.2, 0.25) is 0 Å². The van der Waals surface area contributed by atoms with Crippen LogP contribution in [0.5, 0.6) is 0 Å². The average Bonchev–Trinajstić information content (AvgIpc) is 2.50. The zero-order valence-electron chi connectivity index (χ0n) is 14.6. The first-order valence-corrected chi connectivity index (χ1v) is 8.11. The van der Waals surface area contributed by atoms with Crippen molar-refractivity contribution in [3.63, 3.8) is 0 Å². The highest BCUT2D eigenvalue weighted by Gasteiger charge is 2.40. The highest BCUT2D eigenvalue weighted by Crippen LogP contribution is 2.29. The summed E-state index contributed by atoms with van der Waals surface area (Å²) in [6.07, 6.45) is 1.75. The molecule has 24 heavy (non-hydrogen) atoms. The molecule has 2 atom stereocenters. The molecule has 0 aliphatic carbocycles. The molecule has 1 rings (SSSR count). The van der Waals surface area contributed by atoms with Gasteiger partial charge in [0.25, 0.3) is 0 Å². The van der Waals surface area contributed by atoms with Crippen molar-refractivity contribution in [2.24, 2.45) is 11.8 Å². The first-order chi connectivity index (χ1) is 11.3. The van der Waals surface area contributed by atoms with E-state index < -0.39 is 23.5 Å². The first kappa shape index (κ1) is 19.7. The molecule has 1 aromatic carbocycles. The van der Waals surface area contributed by atoms with Gasteiger partial charge in [0.05, 0.1) is 11.5 Å². The molecule has 0 saturated carbocycles. The van der Waals surface area contributed by atoms with Crippen molar-refractivity contribution in [1.82, 2.24) is 5.32 Å². The number of carbonyl (C=O) groups is 2. The Kier molecular flexibility index (Phi) is 7.49. The smallest absolute Gasteiger partial charge is 0.407 e. The monoisotopic (exact) mass is 333 g/mol. The summed E-state index contributed by atoms with van der Waals surface area (Å²) in [7, 11) is 0. The van der Waals surface area contributed by atoms with E-state index in [0.29, 0.717) is 6.42 Å². The van der Waals surface area contributed by atoms with Gasteiger partial charge in [-0.15, -0.1) is 6.58 Å². The van der Waals surface area contributed by atoms with Crippen LogP contribution in [0.1, 0.15) is 39.2 Å². The predicted molar refractivity (Wildman–Crippen MR) is 93.6 cm³/mol. The van der Waals surface area contributed by atoms with E-state index in [1.807, 2.05) is 44.2 Å². The van der Waals surface area contributed by atoms with Gasteiger partial charge >= 0.3 is 12.1 Å². The van der Waals surface area contributed by atoms with E-state index in [9.17, 15) is 14.7 Å². The number of carboxylic acid groups (broad SMARTS) is 1. The van der Waals surface area contributed by atoms with Crippen molar-refractivity contribution in [2.45, 2.75) is 45.8 Å². The lowest BCUT2D eigenvalue weighted by Crippen LogP contribution is -2.54. The molecule has 132 valence electrons. The molecule has 0 fully saturated rings. The van der Waals surface area contributed by atoms with Crippen molar-refractivity contribution in [1.29, 1.82) is 0 Å². The van der Waals surface area contributed by atoms with E-state index in [1.165, 1.54) is 0 Å². The second kappa shape index (κ2) is 9.11. The summed E-state index contributed by atoms with van der Waals surface area (Å²) in [6.45, 7) is 9.49. The van der Waals surface area contributed by atoms with Gasteiger partial charge in [-0.2, -0.15) is 0 Å². The molecule has 0 heterocycles. The average molecular weight is 333 g/mol. The number of hydrogen-bond donors (Lipinski definition) is 2. The van der Waals surface area contributed by atoms with Gasteiger partial charge < -0.3 is 15.2 Å². The van der Waals surface area contributed by atoms with Gasteiger partial charge in [-0.05, 0) is 31.2 Å². The van der Waals surface area contributed by atoms with Crippen molar-refractivity contribution in [3.8, 4) is 0 Å². The lowest BCUT2D eigenvalue weighted by Gasteiger charge is -2.37. The van der Waals surface area contributed by atoms with E-state index in [4.69, 9.17) is 4.74 Å². The third-order valence-corrected chi connectivity index (χ3v) is 3.90. The Morgan fingerprint density at radius 1 is 1.33 bits per heavy atom. The molecule has 0 spiro atoms. The van der Waals surface area contributed by atoms with E-state index in [2.05, 4.69) is 11.9 Å². The minimum atomic E-state index is -0.957. The fourth-order valence-corrected chi connectivity index (χ4v) is 2.92. The van der Waals surface area contributed by atoms with Crippen LogP contribution in [0.3, 0.4) is 0 Å². The fourth-order valence-electron chi connectivity index (χ4n) is 2.92. The van der Waals surface area contributed by atoms with Crippen LogP contribution in [0.15, 0.2) is 43.0 Å². The van der Waals surface area contributed by atoms with Crippen molar-refractivity contribution >= 4 is 12.1 Å². The number of allylic oxidation sites excluding steroid dienone is 1. The van der Waals surface area contributed by atoms with E-state index in [1.54, 1.807) is 13.0 Å². The number of alkyl carbamates (subject to hydrolysis) is 1. The topological polar surface area (TPSA) is 75.6 Å². The quantitative estimate of drug-likeness (QED) is 0.670. The molecule has 0 unspecified atom stereocenters. The number of rotatable bonds is 9. The Hall–Kier alpha value is -2.30. The number of benzene rings is 1. The van der Waals surface area contributed by atoms with Crippen molar-refractivity contribution in [2.75, 3.05) is 0 Å². The van der Waals surface area contributed by atoms with Crippen LogP contribution in [0, 0.1) is 11.8 Å². The predicted octanol–water partition coefficient (Wildman–Crippen LogP) is 3.99. The van der Waals surface area contributed by atoms with Crippen LogP contribution in [-0.4, -0.2) is 22.7 Å². The summed E-state index contributed by atoms with van der Waals surface area (Å²) in [4.78, 5) is 23.8. The first-order valence-electron chi connectivity index (χ1n) is 8.11. The number of hydrogen-bond acceptors (Lipinski definition) is 3. The summed E-state index contributed by atoms with van der Waals surface area (Å²) < 4.78 is 5.24. The standard InChI is InChI=1S/C19H27NO4/c1-5-9-16(17(21)22)19(4,12-14(2)3)20-18(23)24-13-15-10-7-6-8-11-15/h5-8,10-11,14,16H,1,9,12-13H2,2-4H3,(H,20,23)(H,21,22)/t16-,19+/m1/s1. The van der Waals surface area contributed by atoms with Gasteiger partial charge in [0.15, 0.2) is 0 Å². The van der Waals surface area contributed by atoms with Gasteiger partial charge in [-0.25, -0.2) is 4.79 Å². The minimum Gasteiger partial charge on any atom is -0.481 e. The van der Waals surface area contributed by atoms with Crippen LogP contribution < -0.4 is 5.32 Å². The zero-order chi connectivity index (χ0) is 18.2. The molecule has 5 heteroatoms. The van der Waals surface area contributed by atoms with Crippen LogP contribution >= 0.6 is 0 Å². The van der Waals surface area contributed by atoms with Gasteiger partial charge in [0, 0.05) is 0 Å². The molecule has 2 N–H and O–H groups in total. The van der Waals surface area contributed by atoms with Gasteiger partial charge in [-0.1, -0.05) is 50.3 Å².